The lowest BCUT2D eigenvalue weighted by atomic mass is 9.90. The first kappa shape index (κ1) is 17.5. The van der Waals surface area contributed by atoms with Crippen LogP contribution in [0.3, 0.4) is 0 Å². The zero-order valence-corrected chi connectivity index (χ0v) is 13.8. The summed E-state index contributed by atoms with van der Waals surface area (Å²) in [6.07, 6.45) is 2.84. The number of nitrogens with zero attached hydrogens (tertiary/aromatic N) is 1. The molecule has 0 bridgehead atoms. The van der Waals surface area contributed by atoms with Crippen molar-refractivity contribution in [2.45, 2.75) is 53.0 Å². The maximum absolute atomic E-state index is 8.96. The van der Waals surface area contributed by atoms with Crippen LogP contribution in [0.4, 0.5) is 0 Å². The Labute approximate surface area is 129 Å². The Morgan fingerprint density at radius 3 is 2.43 bits per heavy atom. The fraction of sp³-hybridized carbons (Fsp3) is 0.611. The average molecular weight is 288 g/mol. The summed E-state index contributed by atoms with van der Waals surface area (Å²) in [5.74, 6) is 0.903. The first-order chi connectivity index (χ1) is 10.0. The second kappa shape index (κ2) is 8.69. The molecule has 0 aliphatic carbocycles. The van der Waals surface area contributed by atoms with Gasteiger partial charge in [0.2, 0.25) is 0 Å². The Bertz CT molecular complexity index is 445. The van der Waals surface area contributed by atoms with Gasteiger partial charge in [-0.25, -0.2) is 0 Å². The Hall–Kier alpha value is -1.53. The van der Waals surface area contributed by atoms with Crippen LogP contribution >= 0.6 is 0 Å². The molecular weight excluding hydrogens is 260 g/mol. The molecule has 0 spiro atoms. The summed E-state index contributed by atoms with van der Waals surface area (Å²) in [5, 5.41) is 12.4. The minimum absolute atomic E-state index is 0.257. The summed E-state index contributed by atoms with van der Waals surface area (Å²) in [6.45, 7) is 9.89. The summed E-state index contributed by atoms with van der Waals surface area (Å²) in [5.41, 5.74) is 1.05. The number of ether oxygens (including phenoxy) is 1. The monoisotopic (exact) mass is 288 g/mol. The standard InChI is InChI=1S/C18H28N2O/c1-5-17(20-6-2)15-8-10-16(11-9-15)21-13-7-12-18(3,4)14-19/h8-11,17,20H,5-7,12-13H2,1-4H3. The lowest BCUT2D eigenvalue weighted by molar-refractivity contribution is 0.284. The van der Waals surface area contributed by atoms with Gasteiger partial charge in [0.1, 0.15) is 5.75 Å². The highest BCUT2D eigenvalue weighted by Gasteiger charge is 2.15. The third-order valence-corrected chi connectivity index (χ3v) is 3.66. The Morgan fingerprint density at radius 2 is 1.90 bits per heavy atom. The molecule has 0 aliphatic heterocycles. The highest BCUT2D eigenvalue weighted by atomic mass is 16.5. The van der Waals surface area contributed by atoms with Gasteiger partial charge in [0.25, 0.3) is 0 Å². The van der Waals surface area contributed by atoms with E-state index in [2.05, 4.69) is 37.4 Å². The largest absolute Gasteiger partial charge is 0.494 e. The van der Waals surface area contributed by atoms with Gasteiger partial charge in [0, 0.05) is 6.04 Å². The lowest BCUT2D eigenvalue weighted by Gasteiger charge is -2.17. The van der Waals surface area contributed by atoms with Gasteiger partial charge in [-0.3, -0.25) is 0 Å². The normalized spacial score (nSPS) is 12.7. The highest BCUT2D eigenvalue weighted by Crippen LogP contribution is 2.22. The summed E-state index contributed by atoms with van der Waals surface area (Å²) in [7, 11) is 0. The van der Waals surface area contributed by atoms with Gasteiger partial charge in [-0.1, -0.05) is 26.0 Å². The van der Waals surface area contributed by atoms with Crippen molar-refractivity contribution < 1.29 is 4.74 Å². The molecule has 116 valence electrons. The van der Waals surface area contributed by atoms with Gasteiger partial charge >= 0.3 is 0 Å². The summed E-state index contributed by atoms with van der Waals surface area (Å²) in [4.78, 5) is 0. The molecule has 0 saturated heterocycles. The molecule has 0 saturated carbocycles. The molecule has 1 N–H and O–H groups in total. The predicted octanol–water partition coefficient (Wildman–Crippen LogP) is 4.46. The number of hydrogen-bond donors (Lipinski definition) is 1. The van der Waals surface area contributed by atoms with Crippen molar-refractivity contribution in [1.82, 2.24) is 5.32 Å². The van der Waals surface area contributed by atoms with Crippen LogP contribution in [0.15, 0.2) is 24.3 Å². The Morgan fingerprint density at radius 1 is 1.24 bits per heavy atom. The molecule has 21 heavy (non-hydrogen) atoms. The zero-order chi connectivity index (χ0) is 15.7. The molecule has 3 heteroatoms. The van der Waals surface area contributed by atoms with E-state index in [4.69, 9.17) is 10.00 Å². The quantitative estimate of drug-likeness (QED) is 0.682. The summed E-state index contributed by atoms with van der Waals surface area (Å²) in [6, 6.07) is 11.1. The minimum Gasteiger partial charge on any atom is -0.494 e. The molecule has 1 aromatic carbocycles. The van der Waals surface area contributed by atoms with E-state index in [0.29, 0.717) is 12.6 Å². The predicted molar refractivity (Wildman–Crippen MR) is 87.3 cm³/mol. The van der Waals surface area contributed by atoms with E-state index in [1.165, 1.54) is 5.56 Å². The van der Waals surface area contributed by atoms with Gasteiger partial charge in [0.15, 0.2) is 0 Å². The Balaban J connectivity index is 2.43. The maximum Gasteiger partial charge on any atom is 0.119 e. The number of rotatable bonds is 9. The smallest absolute Gasteiger partial charge is 0.119 e. The van der Waals surface area contributed by atoms with E-state index in [0.717, 1.165) is 31.6 Å². The molecule has 1 rings (SSSR count). The van der Waals surface area contributed by atoms with E-state index in [1.807, 2.05) is 26.0 Å². The van der Waals surface area contributed by atoms with Crippen LogP contribution in [0.1, 0.15) is 58.6 Å². The molecule has 1 unspecified atom stereocenters. The van der Waals surface area contributed by atoms with Crippen molar-refractivity contribution >= 4 is 0 Å². The molecule has 1 atom stereocenters. The second-order valence-corrected chi connectivity index (χ2v) is 6.04. The van der Waals surface area contributed by atoms with Gasteiger partial charge in [-0.05, 0) is 57.4 Å². The molecular formula is C18H28N2O. The number of benzene rings is 1. The Kier molecular flexibility index (Phi) is 7.25. The number of hydrogen-bond acceptors (Lipinski definition) is 3. The van der Waals surface area contributed by atoms with Gasteiger partial charge in [-0.2, -0.15) is 5.26 Å². The van der Waals surface area contributed by atoms with Crippen molar-refractivity contribution in [3.63, 3.8) is 0 Å². The number of nitrogens with one attached hydrogen (secondary N) is 1. The van der Waals surface area contributed by atoms with E-state index in [-0.39, 0.29) is 5.41 Å². The summed E-state index contributed by atoms with van der Waals surface area (Å²) >= 11 is 0. The first-order valence-corrected chi connectivity index (χ1v) is 7.89. The van der Waals surface area contributed by atoms with Crippen molar-refractivity contribution in [2.24, 2.45) is 5.41 Å². The van der Waals surface area contributed by atoms with Crippen molar-refractivity contribution in [3.05, 3.63) is 29.8 Å². The lowest BCUT2D eigenvalue weighted by Crippen LogP contribution is -2.19. The van der Waals surface area contributed by atoms with E-state index in [1.54, 1.807) is 0 Å². The van der Waals surface area contributed by atoms with Crippen LogP contribution in [0.5, 0.6) is 5.75 Å². The van der Waals surface area contributed by atoms with Crippen LogP contribution < -0.4 is 10.1 Å². The van der Waals surface area contributed by atoms with Gasteiger partial charge in [-0.15, -0.1) is 0 Å². The molecule has 0 amide bonds. The van der Waals surface area contributed by atoms with Crippen LogP contribution in [-0.2, 0) is 0 Å². The topological polar surface area (TPSA) is 45.0 Å². The van der Waals surface area contributed by atoms with Crippen LogP contribution in [0, 0.1) is 16.7 Å². The zero-order valence-electron chi connectivity index (χ0n) is 13.8. The molecule has 0 radical (unpaired) electrons. The summed E-state index contributed by atoms with van der Waals surface area (Å²) < 4.78 is 5.74. The van der Waals surface area contributed by atoms with E-state index in [9.17, 15) is 0 Å². The molecule has 0 aromatic heterocycles. The van der Waals surface area contributed by atoms with Crippen molar-refractivity contribution in [2.75, 3.05) is 13.2 Å². The van der Waals surface area contributed by atoms with Crippen LogP contribution in [-0.4, -0.2) is 13.2 Å². The average Bonchev–Trinajstić information content (AvgIpc) is 2.50. The maximum atomic E-state index is 8.96. The number of nitriles is 1. The third kappa shape index (κ3) is 6.18. The van der Waals surface area contributed by atoms with Crippen molar-refractivity contribution in [1.29, 1.82) is 5.26 Å². The van der Waals surface area contributed by atoms with E-state index < -0.39 is 0 Å². The van der Waals surface area contributed by atoms with Crippen LogP contribution in [0.2, 0.25) is 0 Å². The molecule has 0 aliphatic rings. The fourth-order valence-electron chi connectivity index (χ4n) is 2.30. The fourth-order valence-corrected chi connectivity index (χ4v) is 2.30. The molecule has 3 nitrogen and oxygen atoms in total. The highest BCUT2D eigenvalue weighted by molar-refractivity contribution is 5.29. The first-order valence-electron chi connectivity index (χ1n) is 7.89. The van der Waals surface area contributed by atoms with Gasteiger partial charge < -0.3 is 10.1 Å². The van der Waals surface area contributed by atoms with E-state index >= 15 is 0 Å². The van der Waals surface area contributed by atoms with Gasteiger partial charge in [0.05, 0.1) is 18.1 Å². The SMILES string of the molecule is CCNC(CC)c1ccc(OCCCC(C)(C)C#N)cc1. The third-order valence-electron chi connectivity index (χ3n) is 3.66. The van der Waals surface area contributed by atoms with Crippen LogP contribution in [0.25, 0.3) is 0 Å². The van der Waals surface area contributed by atoms with Crippen molar-refractivity contribution in [3.8, 4) is 11.8 Å². The second-order valence-electron chi connectivity index (χ2n) is 6.04. The minimum atomic E-state index is -0.257. The molecule has 0 fully saturated rings. The molecule has 1 aromatic rings. The molecule has 0 heterocycles.